The number of carbonyl (C=O) groups is 1. The van der Waals surface area contributed by atoms with Crippen LogP contribution in [0.25, 0.3) is 0 Å². The lowest BCUT2D eigenvalue weighted by Gasteiger charge is -2.26. The average Bonchev–Trinajstić information content (AvgIpc) is 2.70. The summed E-state index contributed by atoms with van der Waals surface area (Å²) in [4.78, 5) is 22.0. The van der Waals surface area contributed by atoms with Crippen LogP contribution in [0.1, 0.15) is 24.5 Å². The third-order valence-corrected chi connectivity index (χ3v) is 4.92. The molecule has 8 nitrogen and oxygen atoms in total. The van der Waals surface area contributed by atoms with Crippen LogP contribution in [0.15, 0.2) is 42.5 Å². The minimum absolute atomic E-state index is 0.00551. The van der Waals surface area contributed by atoms with Crippen molar-refractivity contribution in [2.45, 2.75) is 38.3 Å². The minimum atomic E-state index is -0.795. The van der Waals surface area contributed by atoms with Gasteiger partial charge in [-0.05, 0) is 36.5 Å². The van der Waals surface area contributed by atoms with Crippen molar-refractivity contribution >= 4 is 17.3 Å². The third-order valence-electron chi connectivity index (χ3n) is 4.92. The SMILES string of the molecule is CC(=O)Nc1c(OCC(O)CNC2CCc3ccccc3C2)cccc1[N+](=O)[O-]. The van der Waals surface area contributed by atoms with E-state index in [0.29, 0.717) is 6.54 Å². The van der Waals surface area contributed by atoms with Crippen molar-refractivity contribution in [1.82, 2.24) is 5.32 Å². The summed E-state index contributed by atoms with van der Waals surface area (Å²) >= 11 is 0. The third kappa shape index (κ3) is 5.52. The van der Waals surface area contributed by atoms with E-state index in [1.165, 1.54) is 36.2 Å². The molecule has 2 aromatic rings. The molecule has 0 aromatic heterocycles. The number of anilines is 1. The van der Waals surface area contributed by atoms with Crippen molar-refractivity contribution in [3.63, 3.8) is 0 Å². The van der Waals surface area contributed by atoms with Crippen LogP contribution in [0, 0.1) is 10.1 Å². The number of para-hydroxylation sites is 1. The maximum Gasteiger partial charge on any atom is 0.296 e. The monoisotopic (exact) mass is 399 g/mol. The first-order valence-corrected chi connectivity index (χ1v) is 9.60. The molecule has 3 N–H and O–H groups in total. The molecule has 29 heavy (non-hydrogen) atoms. The molecule has 0 saturated heterocycles. The summed E-state index contributed by atoms with van der Waals surface area (Å²) in [5, 5.41) is 27.3. The zero-order valence-corrected chi connectivity index (χ0v) is 16.3. The van der Waals surface area contributed by atoms with E-state index < -0.39 is 16.9 Å². The number of nitro benzene ring substituents is 1. The summed E-state index contributed by atoms with van der Waals surface area (Å²) in [7, 11) is 0. The number of hydrogen-bond donors (Lipinski definition) is 3. The lowest BCUT2D eigenvalue weighted by atomic mass is 9.88. The van der Waals surface area contributed by atoms with Crippen molar-refractivity contribution in [2.24, 2.45) is 0 Å². The molecule has 2 atom stereocenters. The number of hydrogen-bond acceptors (Lipinski definition) is 6. The second-order valence-corrected chi connectivity index (χ2v) is 7.17. The second-order valence-electron chi connectivity index (χ2n) is 7.17. The van der Waals surface area contributed by atoms with Crippen LogP contribution in [-0.2, 0) is 17.6 Å². The summed E-state index contributed by atoms with van der Waals surface area (Å²) in [5.74, 6) is -0.288. The van der Waals surface area contributed by atoms with Crippen LogP contribution in [0.2, 0.25) is 0 Å². The number of aryl methyl sites for hydroxylation is 1. The standard InChI is InChI=1S/C21H25N3O5/c1-14(25)23-21-19(24(27)28)7-4-8-20(21)29-13-18(26)12-22-17-10-9-15-5-2-3-6-16(15)11-17/h2-8,17-18,22,26H,9-13H2,1H3,(H,23,25). The lowest BCUT2D eigenvalue weighted by molar-refractivity contribution is -0.384. The first-order valence-electron chi connectivity index (χ1n) is 9.60. The van der Waals surface area contributed by atoms with Gasteiger partial charge in [0.05, 0.1) is 4.92 Å². The number of aliphatic hydroxyl groups is 1. The molecule has 1 aliphatic carbocycles. The number of nitro groups is 1. The fraction of sp³-hybridized carbons (Fsp3) is 0.381. The van der Waals surface area contributed by atoms with Gasteiger partial charge in [0.25, 0.3) is 5.69 Å². The molecule has 2 unspecified atom stereocenters. The number of benzene rings is 2. The average molecular weight is 399 g/mol. The van der Waals surface area contributed by atoms with E-state index >= 15 is 0 Å². The van der Waals surface area contributed by atoms with Crippen molar-refractivity contribution in [3.8, 4) is 5.75 Å². The van der Waals surface area contributed by atoms with Gasteiger partial charge >= 0.3 is 0 Å². The smallest absolute Gasteiger partial charge is 0.296 e. The minimum Gasteiger partial charge on any atom is -0.488 e. The van der Waals surface area contributed by atoms with Gasteiger partial charge in [-0.2, -0.15) is 0 Å². The maximum atomic E-state index is 11.4. The fourth-order valence-electron chi connectivity index (χ4n) is 3.51. The molecule has 154 valence electrons. The largest absolute Gasteiger partial charge is 0.488 e. The Morgan fingerprint density at radius 3 is 2.76 bits per heavy atom. The van der Waals surface area contributed by atoms with Crippen LogP contribution in [0.4, 0.5) is 11.4 Å². The second kappa shape index (κ2) is 9.49. The number of nitrogens with one attached hydrogen (secondary N) is 2. The quantitative estimate of drug-likeness (QED) is 0.464. The molecule has 0 fully saturated rings. The number of aliphatic hydroxyl groups excluding tert-OH is 1. The molecule has 2 aromatic carbocycles. The molecule has 0 saturated carbocycles. The van der Waals surface area contributed by atoms with E-state index in [4.69, 9.17) is 4.74 Å². The topological polar surface area (TPSA) is 114 Å². The maximum absolute atomic E-state index is 11.4. The highest BCUT2D eigenvalue weighted by Gasteiger charge is 2.21. The summed E-state index contributed by atoms with van der Waals surface area (Å²) in [6.45, 7) is 1.56. The zero-order chi connectivity index (χ0) is 20.8. The van der Waals surface area contributed by atoms with Gasteiger partial charge in [-0.15, -0.1) is 0 Å². The number of carbonyl (C=O) groups excluding carboxylic acids is 1. The van der Waals surface area contributed by atoms with Crippen molar-refractivity contribution in [3.05, 3.63) is 63.7 Å². The molecule has 0 bridgehead atoms. The number of fused-ring (bicyclic) bond motifs is 1. The van der Waals surface area contributed by atoms with Crippen molar-refractivity contribution < 1.29 is 19.6 Å². The Hall–Kier alpha value is -2.97. The number of ether oxygens (including phenoxy) is 1. The molecule has 8 heteroatoms. The van der Waals surface area contributed by atoms with Gasteiger partial charge in [0.1, 0.15) is 18.5 Å². The van der Waals surface area contributed by atoms with E-state index in [-0.39, 0.29) is 29.8 Å². The van der Waals surface area contributed by atoms with Gasteiger partial charge in [0.2, 0.25) is 5.91 Å². The summed E-state index contributed by atoms with van der Waals surface area (Å²) in [6, 6.07) is 12.9. The van der Waals surface area contributed by atoms with Crippen LogP contribution in [0.5, 0.6) is 5.75 Å². The van der Waals surface area contributed by atoms with Crippen LogP contribution >= 0.6 is 0 Å². The van der Waals surface area contributed by atoms with E-state index in [1.807, 2.05) is 6.07 Å². The predicted molar refractivity (Wildman–Crippen MR) is 109 cm³/mol. The van der Waals surface area contributed by atoms with Crippen LogP contribution in [-0.4, -0.2) is 41.2 Å². The van der Waals surface area contributed by atoms with Gasteiger partial charge in [0, 0.05) is 25.6 Å². The summed E-state index contributed by atoms with van der Waals surface area (Å²) in [6.07, 6.45) is 2.13. The Balaban J connectivity index is 1.54. The van der Waals surface area contributed by atoms with E-state index in [0.717, 1.165) is 19.3 Å². The van der Waals surface area contributed by atoms with E-state index in [1.54, 1.807) is 0 Å². The van der Waals surface area contributed by atoms with Crippen molar-refractivity contribution in [1.29, 1.82) is 0 Å². The van der Waals surface area contributed by atoms with Crippen LogP contribution in [0.3, 0.4) is 0 Å². The molecule has 0 radical (unpaired) electrons. The van der Waals surface area contributed by atoms with Crippen LogP contribution < -0.4 is 15.4 Å². The summed E-state index contributed by atoms with van der Waals surface area (Å²) in [5.41, 5.74) is 2.45. The van der Waals surface area contributed by atoms with E-state index in [9.17, 15) is 20.0 Å². The molecule has 1 amide bonds. The highest BCUT2D eigenvalue weighted by atomic mass is 16.6. The molecule has 0 spiro atoms. The number of rotatable bonds is 8. The Bertz CT molecular complexity index is 886. The first kappa shape index (κ1) is 20.8. The molecule has 0 heterocycles. The molecular formula is C21H25N3O5. The molecule has 3 rings (SSSR count). The van der Waals surface area contributed by atoms with Gasteiger partial charge < -0.3 is 20.5 Å². The van der Waals surface area contributed by atoms with Crippen molar-refractivity contribution in [2.75, 3.05) is 18.5 Å². The van der Waals surface area contributed by atoms with Gasteiger partial charge in [-0.1, -0.05) is 30.3 Å². The summed E-state index contributed by atoms with van der Waals surface area (Å²) < 4.78 is 5.58. The van der Waals surface area contributed by atoms with Gasteiger partial charge in [-0.25, -0.2) is 0 Å². The Morgan fingerprint density at radius 1 is 1.28 bits per heavy atom. The van der Waals surface area contributed by atoms with Gasteiger partial charge in [0.15, 0.2) is 5.69 Å². The number of amides is 1. The first-order chi connectivity index (χ1) is 13.9. The normalized spacial score (nSPS) is 16.6. The fourth-order valence-corrected chi connectivity index (χ4v) is 3.51. The lowest BCUT2D eigenvalue weighted by Crippen LogP contribution is -2.40. The highest BCUT2D eigenvalue weighted by molar-refractivity contribution is 5.93. The predicted octanol–water partition coefficient (Wildman–Crippen LogP) is 2.44. The van der Waals surface area contributed by atoms with Gasteiger partial charge in [-0.3, -0.25) is 14.9 Å². The Kier molecular flexibility index (Phi) is 6.79. The zero-order valence-electron chi connectivity index (χ0n) is 16.3. The molecule has 0 aliphatic heterocycles. The number of nitrogens with zero attached hydrogens (tertiary/aromatic N) is 1. The highest BCUT2D eigenvalue weighted by Crippen LogP contribution is 2.34. The molecular weight excluding hydrogens is 374 g/mol. The Morgan fingerprint density at radius 2 is 2.03 bits per heavy atom. The molecule has 1 aliphatic rings. The van der Waals surface area contributed by atoms with E-state index in [2.05, 4.69) is 28.8 Å². The Labute approximate surface area is 169 Å².